The van der Waals surface area contributed by atoms with Crippen LogP contribution in [-0.2, 0) is 9.59 Å². The molecule has 0 N–H and O–H groups in total. The lowest BCUT2D eigenvalue weighted by Crippen LogP contribution is -2.59. The van der Waals surface area contributed by atoms with Crippen LogP contribution in [0.2, 0.25) is 0 Å². The molecule has 7 unspecified atom stereocenters. The number of carbonyl (C=O) groups is 2. The van der Waals surface area contributed by atoms with Crippen LogP contribution in [0.25, 0.3) is 0 Å². The SMILES string of the molecule is CCC1C(C2=C(C(C)C)C(=O)CC2)CCC2C1(C)CC[C@H]1C(C)C(N=O)CCC21C.CCC=O. The van der Waals surface area contributed by atoms with Gasteiger partial charge >= 0.3 is 0 Å². The molecule has 0 spiro atoms. The summed E-state index contributed by atoms with van der Waals surface area (Å²) in [5.41, 5.74) is 3.42. The van der Waals surface area contributed by atoms with Gasteiger partial charge in [-0.2, -0.15) is 4.91 Å². The Morgan fingerprint density at radius 2 is 1.68 bits per heavy atom. The summed E-state index contributed by atoms with van der Waals surface area (Å²) >= 11 is 0. The highest BCUT2D eigenvalue weighted by molar-refractivity contribution is 5.99. The zero-order chi connectivity index (χ0) is 25.3. The Kier molecular flexibility index (Phi) is 8.62. The van der Waals surface area contributed by atoms with Gasteiger partial charge in [0.05, 0.1) is 6.04 Å². The van der Waals surface area contributed by atoms with Gasteiger partial charge in [-0.15, -0.1) is 0 Å². The zero-order valence-electron chi connectivity index (χ0n) is 22.9. The van der Waals surface area contributed by atoms with Gasteiger partial charge in [0.2, 0.25) is 0 Å². The van der Waals surface area contributed by atoms with Crippen molar-refractivity contribution in [1.29, 1.82) is 0 Å². The van der Waals surface area contributed by atoms with Gasteiger partial charge in [-0.05, 0) is 96.9 Å². The molecule has 4 heteroatoms. The van der Waals surface area contributed by atoms with Gasteiger partial charge in [0.25, 0.3) is 0 Å². The second kappa shape index (κ2) is 10.7. The summed E-state index contributed by atoms with van der Waals surface area (Å²) in [4.78, 5) is 33.3. The van der Waals surface area contributed by atoms with E-state index in [4.69, 9.17) is 0 Å². The third-order valence-corrected chi connectivity index (χ3v) is 10.8. The maximum Gasteiger partial charge on any atom is 0.159 e. The second-order valence-electron chi connectivity index (χ2n) is 12.6. The van der Waals surface area contributed by atoms with Crippen LogP contribution in [0.4, 0.5) is 0 Å². The van der Waals surface area contributed by atoms with Crippen molar-refractivity contribution in [1.82, 2.24) is 0 Å². The maximum absolute atomic E-state index is 12.7. The average molecular weight is 472 g/mol. The Bertz CT molecular complexity index is 801. The first-order valence-electron chi connectivity index (χ1n) is 14.1. The number of hydrogen-bond acceptors (Lipinski definition) is 4. The molecular formula is C30H49NO3. The van der Waals surface area contributed by atoms with E-state index < -0.39 is 0 Å². The van der Waals surface area contributed by atoms with Crippen molar-refractivity contribution < 1.29 is 9.59 Å². The van der Waals surface area contributed by atoms with Crippen molar-refractivity contribution in [3.05, 3.63) is 16.1 Å². The minimum absolute atomic E-state index is 0.0222. The number of aldehydes is 1. The highest BCUT2D eigenvalue weighted by Crippen LogP contribution is 2.68. The Morgan fingerprint density at radius 3 is 2.24 bits per heavy atom. The Labute approximate surface area is 208 Å². The molecule has 0 aromatic rings. The summed E-state index contributed by atoms with van der Waals surface area (Å²) in [5.74, 6) is 3.86. The molecule has 0 aromatic heterocycles. The summed E-state index contributed by atoms with van der Waals surface area (Å²) in [6.07, 6.45) is 11.7. The number of fused-ring (bicyclic) bond motifs is 3. The van der Waals surface area contributed by atoms with Gasteiger partial charge in [-0.1, -0.05) is 65.6 Å². The van der Waals surface area contributed by atoms with Gasteiger partial charge in [0, 0.05) is 12.8 Å². The zero-order valence-corrected chi connectivity index (χ0v) is 22.9. The van der Waals surface area contributed by atoms with Crippen LogP contribution in [0, 0.1) is 51.2 Å². The minimum Gasteiger partial charge on any atom is -0.303 e. The Morgan fingerprint density at radius 1 is 1.03 bits per heavy atom. The van der Waals surface area contributed by atoms with Crippen LogP contribution in [0.15, 0.2) is 16.3 Å². The lowest BCUT2D eigenvalue weighted by atomic mass is 9.39. The molecule has 3 saturated carbocycles. The third kappa shape index (κ3) is 4.48. The van der Waals surface area contributed by atoms with Gasteiger partial charge in [-0.3, -0.25) is 4.79 Å². The van der Waals surface area contributed by atoms with Crippen molar-refractivity contribution in [3.63, 3.8) is 0 Å². The van der Waals surface area contributed by atoms with E-state index in [1.54, 1.807) is 0 Å². The summed E-state index contributed by atoms with van der Waals surface area (Å²) in [6, 6.07) is 0.0222. The van der Waals surface area contributed by atoms with Crippen molar-refractivity contribution in [2.24, 2.45) is 51.5 Å². The Balaban J connectivity index is 0.000000751. The molecule has 4 aliphatic rings. The molecule has 0 bridgehead atoms. The molecule has 0 saturated heterocycles. The molecule has 4 rings (SSSR count). The summed E-state index contributed by atoms with van der Waals surface area (Å²) < 4.78 is 0. The first kappa shape index (κ1) is 27.3. The number of hydrogen-bond donors (Lipinski definition) is 0. The van der Waals surface area contributed by atoms with Crippen LogP contribution < -0.4 is 0 Å². The molecule has 34 heavy (non-hydrogen) atoms. The molecule has 0 amide bonds. The highest BCUT2D eigenvalue weighted by atomic mass is 16.3. The third-order valence-electron chi connectivity index (χ3n) is 10.8. The lowest BCUT2D eigenvalue weighted by Gasteiger charge is -2.65. The van der Waals surface area contributed by atoms with E-state index in [0.29, 0.717) is 52.6 Å². The van der Waals surface area contributed by atoms with E-state index in [0.717, 1.165) is 37.9 Å². The lowest BCUT2D eigenvalue weighted by molar-refractivity contribution is -0.156. The highest BCUT2D eigenvalue weighted by Gasteiger charge is 2.61. The largest absolute Gasteiger partial charge is 0.303 e. The van der Waals surface area contributed by atoms with Gasteiger partial charge in [0.1, 0.15) is 6.29 Å². The van der Waals surface area contributed by atoms with Gasteiger partial charge in [0.15, 0.2) is 5.78 Å². The van der Waals surface area contributed by atoms with E-state index in [1.807, 2.05) is 6.92 Å². The van der Waals surface area contributed by atoms with Crippen LogP contribution in [0.1, 0.15) is 113 Å². The fourth-order valence-corrected chi connectivity index (χ4v) is 9.40. The number of Topliss-reactive ketones (excluding diaryl/α,β-unsaturated/α-hetero) is 1. The summed E-state index contributed by atoms with van der Waals surface area (Å²) in [5, 5.41) is 3.51. The number of carbonyl (C=O) groups excluding carboxylic acids is 2. The predicted octanol–water partition coefficient (Wildman–Crippen LogP) is 7.94. The van der Waals surface area contributed by atoms with Gasteiger partial charge in [-0.25, -0.2) is 0 Å². The van der Waals surface area contributed by atoms with Crippen molar-refractivity contribution in [2.45, 2.75) is 119 Å². The minimum atomic E-state index is 0.0222. The van der Waals surface area contributed by atoms with Crippen LogP contribution >= 0.6 is 0 Å². The first-order valence-corrected chi connectivity index (χ1v) is 14.1. The smallest absolute Gasteiger partial charge is 0.159 e. The molecule has 4 nitrogen and oxygen atoms in total. The summed E-state index contributed by atoms with van der Waals surface area (Å²) in [6.45, 7) is 16.1. The molecule has 8 atom stereocenters. The monoisotopic (exact) mass is 471 g/mol. The van der Waals surface area contributed by atoms with Crippen molar-refractivity contribution in [3.8, 4) is 0 Å². The van der Waals surface area contributed by atoms with E-state index >= 15 is 0 Å². The number of allylic oxidation sites excluding steroid dienone is 2. The predicted molar refractivity (Wildman–Crippen MR) is 139 cm³/mol. The van der Waals surface area contributed by atoms with Crippen LogP contribution in [-0.4, -0.2) is 18.1 Å². The summed E-state index contributed by atoms with van der Waals surface area (Å²) in [7, 11) is 0. The molecular weight excluding hydrogens is 422 g/mol. The molecule has 3 fully saturated rings. The number of ketones is 1. The van der Waals surface area contributed by atoms with Crippen molar-refractivity contribution in [2.75, 3.05) is 0 Å². The fraction of sp³-hybridized carbons (Fsp3) is 0.867. The normalized spacial score (nSPS) is 41.9. The molecule has 0 aliphatic heterocycles. The van der Waals surface area contributed by atoms with E-state index in [1.165, 1.54) is 43.3 Å². The van der Waals surface area contributed by atoms with Crippen molar-refractivity contribution >= 4 is 12.1 Å². The van der Waals surface area contributed by atoms with E-state index in [2.05, 4.69) is 46.7 Å². The van der Waals surface area contributed by atoms with Crippen LogP contribution in [0.5, 0.6) is 0 Å². The topological polar surface area (TPSA) is 63.6 Å². The maximum atomic E-state index is 12.7. The average Bonchev–Trinajstić information content (AvgIpc) is 3.19. The number of nitrogens with zero attached hydrogens (tertiary/aromatic N) is 1. The number of rotatable bonds is 5. The standard InChI is InChI=1S/C27H43NO2.C3H6O/c1-7-20-18(19-8-10-23(29)25(19)16(2)3)9-11-24-26(20,5)14-12-21-17(4)22(28-30)13-15-27(21,24)6;1-2-3-4/h16-18,20-22,24H,7-15H2,1-6H3;3H,2H2,1H3/t17?,18?,20?,21-,22?,24?,26?,27?;/m0./s1. The quantitative estimate of drug-likeness (QED) is 0.302. The molecule has 192 valence electrons. The molecule has 0 aromatic carbocycles. The van der Waals surface area contributed by atoms with E-state index in [-0.39, 0.29) is 6.04 Å². The molecule has 4 aliphatic carbocycles. The molecule has 0 radical (unpaired) electrons. The molecule has 0 heterocycles. The number of nitroso groups, excluding NO2 is 1. The fourth-order valence-electron chi connectivity index (χ4n) is 9.40. The Hall–Kier alpha value is -1.32. The second-order valence-corrected chi connectivity index (χ2v) is 12.6. The van der Waals surface area contributed by atoms with Crippen LogP contribution in [0.3, 0.4) is 0 Å². The first-order chi connectivity index (χ1) is 16.1. The van der Waals surface area contributed by atoms with Gasteiger partial charge < -0.3 is 4.79 Å². The van der Waals surface area contributed by atoms with E-state index in [9.17, 15) is 14.5 Å².